The van der Waals surface area contributed by atoms with Crippen molar-refractivity contribution in [2.24, 2.45) is 0 Å². The Morgan fingerprint density at radius 2 is 1.91 bits per heavy atom. The maximum absolute atomic E-state index is 14.1. The maximum atomic E-state index is 14.1. The Morgan fingerprint density at radius 1 is 1.09 bits per heavy atom. The second kappa shape index (κ2) is 10.4. The van der Waals surface area contributed by atoms with E-state index in [2.05, 4.69) is 6.07 Å². The van der Waals surface area contributed by atoms with Crippen molar-refractivity contribution in [3.05, 3.63) is 101 Å². The summed E-state index contributed by atoms with van der Waals surface area (Å²) in [5.74, 6) is -0.378. The predicted octanol–water partition coefficient (Wildman–Crippen LogP) is 5.31. The number of halogens is 1. The normalized spacial score (nSPS) is 19.7. The molecule has 2 aromatic carbocycles. The first-order valence-corrected chi connectivity index (χ1v) is 12.0. The Balaban J connectivity index is 1.31. The molecule has 1 atom stereocenters. The topological polar surface area (TPSA) is 62.6 Å². The highest BCUT2D eigenvalue weighted by atomic mass is 19.1. The van der Waals surface area contributed by atoms with E-state index in [0.29, 0.717) is 43.1 Å². The maximum Gasteiger partial charge on any atom is 0.169 e. The van der Waals surface area contributed by atoms with Crippen molar-refractivity contribution < 1.29 is 18.7 Å². The number of ketones is 1. The Bertz CT molecular complexity index is 1240. The van der Waals surface area contributed by atoms with Gasteiger partial charge in [-0.1, -0.05) is 42.5 Å². The summed E-state index contributed by atoms with van der Waals surface area (Å²) in [6, 6.07) is 18.8. The van der Waals surface area contributed by atoms with Crippen molar-refractivity contribution in [2.75, 3.05) is 13.2 Å². The van der Waals surface area contributed by atoms with Gasteiger partial charge in [-0.15, -0.1) is 0 Å². The van der Waals surface area contributed by atoms with Crippen LogP contribution in [0.4, 0.5) is 4.39 Å². The van der Waals surface area contributed by atoms with Crippen LogP contribution in [-0.2, 0) is 20.9 Å². The first kappa shape index (κ1) is 23.2. The first-order chi connectivity index (χ1) is 17.1. The number of rotatable bonds is 9. The van der Waals surface area contributed by atoms with Crippen LogP contribution in [0.3, 0.4) is 0 Å². The van der Waals surface area contributed by atoms with Gasteiger partial charge in [-0.05, 0) is 59.7 Å². The van der Waals surface area contributed by atoms with Crippen LogP contribution in [0.25, 0.3) is 5.57 Å². The SMILES string of the molecule is N#CC1=C(c2cccc(F)c2)C2=CC(OCCCOCc3ccccc3)C(=O)CC2=CN1C1CC1. The fourth-order valence-corrected chi connectivity index (χ4v) is 4.55. The Kier molecular flexibility index (Phi) is 6.89. The zero-order valence-electron chi connectivity index (χ0n) is 19.5. The lowest BCUT2D eigenvalue weighted by Gasteiger charge is -2.34. The van der Waals surface area contributed by atoms with Crippen molar-refractivity contribution in [2.45, 2.75) is 44.4 Å². The lowest BCUT2D eigenvalue weighted by molar-refractivity contribution is -0.127. The number of fused-ring (bicyclic) bond motifs is 1. The van der Waals surface area contributed by atoms with E-state index in [9.17, 15) is 14.4 Å². The van der Waals surface area contributed by atoms with Crippen LogP contribution < -0.4 is 0 Å². The van der Waals surface area contributed by atoms with Gasteiger partial charge in [0.2, 0.25) is 0 Å². The van der Waals surface area contributed by atoms with Crippen molar-refractivity contribution >= 4 is 11.4 Å². The van der Waals surface area contributed by atoms with Gasteiger partial charge in [0, 0.05) is 30.8 Å². The molecular formula is C29H27FN2O3. The van der Waals surface area contributed by atoms with Gasteiger partial charge < -0.3 is 14.4 Å². The number of hydrogen-bond donors (Lipinski definition) is 0. The van der Waals surface area contributed by atoms with Crippen molar-refractivity contribution in [3.63, 3.8) is 0 Å². The number of carbonyl (C=O) groups excluding carboxylic acids is 1. The van der Waals surface area contributed by atoms with Crippen molar-refractivity contribution in [1.29, 1.82) is 5.26 Å². The summed E-state index contributed by atoms with van der Waals surface area (Å²) in [6.45, 7) is 1.45. The van der Waals surface area contributed by atoms with E-state index in [-0.39, 0.29) is 24.1 Å². The van der Waals surface area contributed by atoms with E-state index >= 15 is 0 Å². The standard InChI is InChI=1S/C29H27FN2O3/c30-23-9-4-8-21(14-23)29-25-16-28(35-13-5-12-34-19-20-6-2-1-3-7-20)27(33)15-22(25)18-32(24-10-11-24)26(29)17-31/h1-4,6-9,14,16,18,24,28H,5,10-13,15,19H2. The third-order valence-corrected chi connectivity index (χ3v) is 6.41. The molecule has 178 valence electrons. The summed E-state index contributed by atoms with van der Waals surface area (Å²) in [6.07, 6.45) is 5.90. The monoisotopic (exact) mass is 470 g/mol. The van der Waals surface area contributed by atoms with Gasteiger partial charge in [0.1, 0.15) is 23.7 Å². The van der Waals surface area contributed by atoms with E-state index in [4.69, 9.17) is 9.47 Å². The van der Waals surface area contributed by atoms with Crippen LogP contribution in [0.2, 0.25) is 0 Å². The highest BCUT2D eigenvalue weighted by molar-refractivity contribution is 5.98. The van der Waals surface area contributed by atoms with Gasteiger partial charge in [-0.25, -0.2) is 4.39 Å². The largest absolute Gasteiger partial charge is 0.377 e. The molecule has 1 unspecified atom stereocenters. The molecule has 0 saturated heterocycles. The Morgan fingerprint density at radius 3 is 2.66 bits per heavy atom. The molecule has 0 bridgehead atoms. The summed E-state index contributed by atoms with van der Waals surface area (Å²) < 4.78 is 25.8. The summed E-state index contributed by atoms with van der Waals surface area (Å²) in [5, 5.41) is 10.0. The van der Waals surface area contributed by atoms with Crippen molar-refractivity contribution in [3.8, 4) is 6.07 Å². The zero-order valence-corrected chi connectivity index (χ0v) is 19.5. The zero-order chi connectivity index (χ0) is 24.2. The summed E-state index contributed by atoms with van der Waals surface area (Å²) in [4.78, 5) is 14.9. The molecule has 6 heteroatoms. The minimum atomic E-state index is -0.702. The molecule has 0 N–H and O–H groups in total. The number of nitriles is 1. The molecule has 1 heterocycles. The predicted molar refractivity (Wildman–Crippen MR) is 130 cm³/mol. The second-order valence-corrected chi connectivity index (χ2v) is 9.05. The summed E-state index contributed by atoms with van der Waals surface area (Å²) >= 11 is 0. The Labute approximate surface area is 204 Å². The van der Waals surface area contributed by atoms with Crippen LogP contribution in [0.15, 0.2) is 83.7 Å². The molecule has 1 fully saturated rings. The smallest absolute Gasteiger partial charge is 0.169 e. The van der Waals surface area contributed by atoms with Gasteiger partial charge in [0.05, 0.1) is 13.2 Å². The van der Waals surface area contributed by atoms with Crippen LogP contribution in [-0.4, -0.2) is 36.0 Å². The van der Waals surface area contributed by atoms with E-state index in [0.717, 1.165) is 29.6 Å². The van der Waals surface area contributed by atoms with Crippen molar-refractivity contribution in [1.82, 2.24) is 4.90 Å². The van der Waals surface area contributed by atoms with Gasteiger partial charge >= 0.3 is 0 Å². The fourth-order valence-electron chi connectivity index (χ4n) is 4.55. The lowest BCUT2D eigenvalue weighted by Crippen LogP contribution is -2.32. The van der Waals surface area contributed by atoms with E-state index < -0.39 is 6.10 Å². The van der Waals surface area contributed by atoms with Crippen LogP contribution in [0, 0.1) is 17.1 Å². The molecule has 35 heavy (non-hydrogen) atoms. The Hall–Kier alpha value is -3.53. The van der Waals surface area contributed by atoms with Gasteiger partial charge in [0.15, 0.2) is 5.78 Å². The van der Waals surface area contributed by atoms with Crippen LogP contribution in [0.5, 0.6) is 0 Å². The average Bonchev–Trinajstić information content (AvgIpc) is 3.71. The van der Waals surface area contributed by atoms with Crippen LogP contribution >= 0.6 is 0 Å². The summed E-state index contributed by atoms with van der Waals surface area (Å²) in [7, 11) is 0. The molecule has 0 amide bonds. The molecule has 1 saturated carbocycles. The number of ether oxygens (including phenoxy) is 2. The molecule has 0 radical (unpaired) electrons. The molecule has 0 spiro atoms. The summed E-state index contributed by atoms with van der Waals surface area (Å²) in [5.41, 5.74) is 4.55. The molecule has 1 aliphatic heterocycles. The number of carbonyl (C=O) groups is 1. The third-order valence-electron chi connectivity index (χ3n) is 6.41. The molecule has 5 rings (SSSR count). The quantitative estimate of drug-likeness (QED) is 0.465. The second-order valence-electron chi connectivity index (χ2n) is 9.05. The molecule has 2 aromatic rings. The number of benzene rings is 2. The molecule has 5 nitrogen and oxygen atoms in total. The number of nitrogens with zero attached hydrogens (tertiary/aromatic N) is 2. The van der Waals surface area contributed by atoms with E-state index in [1.165, 1.54) is 12.1 Å². The number of allylic oxidation sites excluding steroid dienone is 4. The minimum Gasteiger partial charge on any atom is -0.377 e. The molecule has 0 aromatic heterocycles. The number of Topliss-reactive ketones (excluding diaryl/α,β-unsaturated/α-hetero) is 1. The molecule has 2 aliphatic carbocycles. The van der Waals surface area contributed by atoms with Gasteiger partial charge in [-0.2, -0.15) is 5.26 Å². The molecular weight excluding hydrogens is 443 g/mol. The third kappa shape index (κ3) is 5.27. The molecule has 3 aliphatic rings. The minimum absolute atomic E-state index is 0.0139. The average molecular weight is 471 g/mol. The lowest BCUT2D eigenvalue weighted by atomic mass is 9.81. The van der Waals surface area contributed by atoms with Gasteiger partial charge in [0.25, 0.3) is 0 Å². The van der Waals surface area contributed by atoms with Crippen LogP contribution in [0.1, 0.15) is 36.8 Å². The van der Waals surface area contributed by atoms with Gasteiger partial charge in [-0.3, -0.25) is 4.79 Å². The fraction of sp³-hybridized carbons (Fsp3) is 0.310. The van der Waals surface area contributed by atoms with E-state index in [1.807, 2.05) is 41.4 Å². The first-order valence-electron chi connectivity index (χ1n) is 12.0. The number of hydrogen-bond acceptors (Lipinski definition) is 5. The van der Waals surface area contributed by atoms with E-state index in [1.54, 1.807) is 18.2 Å². The highest BCUT2D eigenvalue weighted by Gasteiger charge is 2.38. The highest BCUT2D eigenvalue weighted by Crippen LogP contribution is 2.44.